The normalized spacial score (nSPS) is 10.0. The van der Waals surface area contributed by atoms with Gasteiger partial charge in [0.1, 0.15) is 0 Å². The zero-order valence-electron chi connectivity index (χ0n) is 13.2. The van der Waals surface area contributed by atoms with E-state index in [1.165, 1.54) is 0 Å². The number of rotatable bonds is 5. The summed E-state index contributed by atoms with van der Waals surface area (Å²) in [6.45, 7) is 2.99. The molecule has 6 heteroatoms. The number of benzene rings is 1. The van der Waals surface area contributed by atoms with Gasteiger partial charge in [0.15, 0.2) is 0 Å². The van der Waals surface area contributed by atoms with Crippen LogP contribution in [0.4, 0.5) is 10.5 Å². The minimum Gasteiger partial charge on any atom is -0.342 e. The van der Waals surface area contributed by atoms with Gasteiger partial charge in [-0.25, -0.2) is 4.79 Å². The van der Waals surface area contributed by atoms with Crippen LogP contribution in [-0.4, -0.2) is 35.4 Å². The standard InChI is InChI=1S/C17H20N4O2/c1-3-21(2)16(22)14-4-6-15(7-5-14)20-17(23)19-12-13-8-10-18-11-9-13/h4-11H,3,12H2,1-2H3,(H2,19,20,23). The Morgan fingerprint density at radius 1 is 1.09 bits per heavy atom. The van der Waals surface area contributed by atoms with Crippen molar-refractivity contribution in [2.24, 2.45) is 0 Å². The molecule has 0 saturated heterocycles. The van der Waals surface area contributed by atoms with Crippen LogP contribution in [0.5, 0.6) is 0 Å². The number of pyridine rings is 1. The first kappa shape index (κ1) is 16.5. The van der Waals surface area contributed by atoms with Crippen LogP contribution in [0.25, 0.3) is 0 Å². The van der Waals surface area contributed by atoms with Crippen LogP contribution in [0.15, 0.2) is 48.8 Å². The van der Waals surface area contributed by atoms with E-state index < -0.39 is 0 Å². The molecule has 2 N–H and O–H groups in total. The van der Waals surface area contributed by atoms with Crippen molar-refractivity contribution in [3.63, 3.8) is 0 Å². The smallest absolute Gasteiger partial charge is 0.319 e. The van der Waals surface area contributed by atoms with Crippen molar-refractivity contribution in [2.45, 2.75) is 13.5 Å². The molecule has 3 amide bonds. The lowest BCUT2D eigenvalue weighted by Crippen LogP contribution is -2.28. The maximum Gasteiger partial charge on any atom is 0.319 e. The van der Waals surface area contributed by atoms with Gasteiger partial charge in [0.2, 0.25) is 0 Å². The van der Waals surface area contributed by atoms with Gasteiger partial charge < -0.3 is 15.5 Å². The first-order chi connectivity index (χ1) is 11.1. The van der Waals surface area contributed by atoms with Crippen LogP contribution in [0.3, 0.4) is 0 Å². The van der Waals surface area contributed by atoms with Crippen molar-refractivity contribution in [1.82, 2.24) is 15.2 Å². The Kier molecular flexibility index (Phi) is 5.68. The van der Waals surface area contributed by atoms with E-state index in [9.17, 15) is 9.59 Å². The number of carbonyl (C=O) groups is 2. The molecule has 0 atom stereocenters. The SMILES string of the molecule is CCN(C)C(=O)c1ccc(NC(=O)NCc2ccncc2)cc1. The molecule has 6 nitrogen and oxygen atoms in total. The number of urea groups is 1. The summed E-state index contributed by atoms with van der Waals surface area (Å²) in [5, 5.41) is 5.49. The molecule has 0 unspecified atom stereocenters. The van der Waals surface area contributed by atoms with Crippen LogP contribution in [0.1, 0.15) is 22.8 Å². The molecule has 1 aromatic heterocycles. The number of anilines is 1. The van der Waals surface area contributed by atoms with Gasteiger partial charge >= 0.3 is 6.03 Å². The highest BCUT2D eigenvalue weighted by Gasteiger charge is 2.10. The molecule has 0 aliphatic rings. The summed E-state index contributed by atoms with van der Waals surface area (Å²) in [7, 11) is 1.75. The molecular weight excluding hydrogens is 292 g/mol. The predicted molar refractivity (Wildman–Crippen MR) is 89.2 cm³/mol. The average Bonchev–Trinajstić information content (AvgIpc) is 2.60. The Labute approximate surface area is 135 Å². The second-order valence-electron chi connectivity index (χ2n) is 5.06. The Balaban J connectivity index is 1.88. The number of hydrogen-bond donors (Lipinski definition) is 2. The molecule has 0 radical (unpaired) electrons. The molecule has 23 heavy (non-hydrogen) atoms. The summed E-state index contributed by atoms with van der Waals surface area (Å²) in [5.74, 6) is -0.0406. The van der Waals surface area contributed by atoms with Crippen LogP contribution < -0.4 is 10.6 Å². The average molecular weight is 312 g/mol. The van der Waals surface area contributed by atoms with Gasteiger partial charge in [0.25, 0.3) is 5.91 Å². The highest BCUT2D eigenvalue weighted by Crippen LogP contribution is 2.11. The molecule has 1 heterocycles. The van der Waals surface area contributed by atoms with Crippen molar-refractivity contribution >= 4 is 17.6 Å². The Morgan fingerprint density at radius 3 is 2.35 bits per heavy atom. The van der Waals surface area contributed by atoms with Gasteiger partial charge in [-0.05, 0) is 48.9 Å². The molecule has 2 rings (SSSR count). The number of carbonyl (C=O) groups excluding carboxylic acids is 2. The van der Waals surface area contributed by atoms with Crippen molar-refractivity contribution in [2.75, 3.05) is 18.9 Å². The van der Waals surface area contributed by atoms with Gasteiger partial charge in [-0.3, -0.25) is 9.78 Å². The summed E-state index contributed by atoms with van der Waals surface area (Å²) in [6, 6.07) is 10.2. The van der Waals surface area contributed by atoms with Crippen LogP contribution in [0.2, 0.25) is 0 Å². The second kappa shape index (κ2) is 7.93. The van der Waals surface area contributed by atoms with E-state index in [0.717, 1.165) is 5.56 Å². The Bertz CT molecular complexity index is 656. The van der Waals surface area contributed by atoms with E-state index >= 15 is 0 Å². The lowest BCUT2D eigenvalue weighted by molar-refractivity contribution is 0.0802. The predicted octanol–water partition coefficient (Wildman–Crippen LogP) is 2.50. The maximum absolute atomic E-state index is 12.0. The summed E-state index contributed by atoms with van der Waals surface area (Å²) in [4.78, 5) is 29.4. The van der Waals surface area contributed by atoms with Gasteiger partial charge in [0, 0.05) is 43.8 Å². The van der Waals surface area contributed by atoms with Gasteiger partial charge in [-0.1, -0.05) is 0 Å². The summed E-state index contributed by atoms with van der Waals surface area (Å²) >= 11 is 0. The van der Waals surface area contributed by atoms with Crippen molar-refractivity contribution in [3.8, 4) is 0 Å². The topological polar surface area (TPSA) is 74.3 Å². The van der Waals surface area contributed by atoms with Crippen LogP contribution in [-0.2, 0) is 6.54 Å². The van der Waals surface area contributed by atoms with Crippen LogP contribution >= 0.6 is 0 Å². The maximum atomic E-state index is 12.0. The van der Waals surface area contributed by atoms with E-state index in [1.807, 2.05) is 19.1 Å². The summed E-state index contributed by atoms with van der Waals surface area (Å²) in [6.07, 6.45) is 3.36. The fourth-order valence-electron chi connectivity index (χ4n) is 1.92. The zero-order valence-corrected chi connectivity index (χ0v) is 13.2. The third-order valence-corrected chi connectivity index (χ3v) is 3.41. The number of hydrogen-bond acceptors (Lipinski definition) is 3. The van der Waals surface area contributed by atoms with Gasteiger partial charge in [-0.2, -0.15) is 0 Å². The highest BCUT2D eigenvalue weighted by atomic mass is 16.2. The summed E-state index contributed by atoms with van der Waals surface area (Å²) in [5.41, 5.74) is 2.20. The molecule has 120 valence electrons. The monoisotopic (exact) mass is 312 g/mol. The quantitative estimate of drug-likeness (QED) is 0.891. The third-order valence-electron chi connectivity index (χ3n) is 3.41. The zero-order chi connectivity index (χ0) is 16.7. The fraction of sp³-hybridized carbons (Fsp3) is 0.235. The minimum absolute atomic E-state index is 0.0406. The van der Waals surface area contributed by atoms with E-state index in [-0.39, 0.29) is 11.9 Å². The van der Waals surface area contributed by atoms with Crippen LogP contribution in [0, 0.1) is 0 Å². The highest BCUT2D eigenvalue weighted by molar-refractivity contribution is 5.95. The molecule has 0 aliphatic heterocycles. The first-order valence-corrected chi connectivity index (χ1v) is 7.39. The fourth-order valence-corrected chi connectivity index (χ4v) is 1.92. The second-order valence-corrected chi connectivity index (χ2v) is 5.06. The number of aromatic nitrogens is 1. The van der Waals surface area contributed by atoms with Gasteiger partial charge in [0.05, 0.1) is 0 Å². The van der Waals surface area contributed by atoms with E-state index in [1.54, 1.807) is 48.6 Å². The molecule has 0 bridgehead atoms. The molecule has 1 aromatic carbocycles. The summed E-state index contributed by atoms with van der Waals surface area (Å²) < 4.78 is 0. The molecule has 0 fully saturated rings. The lowest BCUT2D eigenvalue weighted by atomic mass is 10.2. The molecule has 0 aliphatic carbocycles. The number of nitrogens with zero attached hydrogens (tertiary/aromatic N) is 2. The molecule has 2 aromatic rings. The van der Waals surface area contributed by atoms with E-state index in [0.29, 0.717) is 24.3 Å². The minimum atomic E-state index is -0.299. The van der Waals surface area contributed by atoms with Crippen molar-refractivity contribution in [1.29, 1.82) is 0 Å². The Hall–Kier alpha value is -2.89. The number of amides is 3. The first-order valence-electron chi connectivity index (χ1n) is 7.39. The van der Waals surface area contributed by atoms with Crippen molar-refractivity contribution in [3.05, 3.63) is 59.9 Å². The Morgan fingerprint density at radius 2 is 1.74 bits per heavy atom. The largest absolute Gasteiger partial charge is 0.342 e. The van der Waals surface area contributed by atoms with E-state index in [4.69, 9.17) is 0 Å². The molecule has 0 saturated carbocycles. The third kappa shape index (κ3) is 4.81. The lowest BCUT2D eigenvalue weighted by Gasteiger charge is -2.14. The van der Waals surface area contributed by atoms with E-state index in [2.05, 4.69) is 15.6 Å². The van der Waals surface area contributed by atoms with Gasteiger partial charge in [-0.15, -0.1) is 0 Å². The van der Waals surface area contributed by atoms with Crippen molar-refractivity contribution < 1.29 is 9.59 Å². The number of nitrogens with one attached hydrogen (secondary N) is 2. The molecule has 0 spiro atoms. The molecular formula is C17H20N4O2.